The van der Waals surface area contributed by atoms with E-state index in [9.17, 15) is 4.79 Å². The molecule has 7 heteroatoms. The first-order chi connectivity index (χ1) is 6.59. The first-order valence-corrected chi connectivity index (χ1v) is 4.04. The zero-order valence-electron chi connectivity index (χ0n) is 7.24. The van der Waals surface area contributed by atoms with Crippen molar-refractivity contribution >= 4 is 17.7 Å². The molecule has 0 saturated heterocycles. The molecule has 0 fully saturated rings. The van der Waals surface area contributed by atoms with Gasteiger partial charge in [0.1, 0.15) is 17.9 Å². The predicted molar refractivity (Wildman–Crippen MR) is 50.2 cm³/mol. The van der Waals surface area contributed by atoms with Crippen molar-refractivity contribution in [2.75, 3.05) is 0 Å². The second-order valence-electron chi connectivity index (χ2n) is 3.11. The number of hydrogen-bond acceptors (Lipinski definition) is 5. The van der Waals surface area contributed by atoms with E-state index >= 15 is 0 Å². The van der Waals surface area contributed by atoms with Crippen molar-refractivity contribution in [2.45, 2.75) is 6.17 Å². The SMILES string of the molecule is N=C(N)C1=CNC2N=C(N)NC(=O)C12. The number of amides is 1. The summed E-state index contributed by atoms with van der Waals surface area (Å²) in [4.78, 5) is 15.5. The molecule has 2 aliphatic rings. The summed E-state index contributed by atoms with van der Waals surface area (Å²) in [6.45, 7) is 0. The highest BCUT2D eigenvalue weighted by molar-refractivity contribution is 6.07. The lowest BCUT2D eigenvalue weighted by molar-refractivity contribution is -0.123. The van der Waals surface area contributed by atoms with Gasteiger partial charge in [0.2, 0.25) is 5.91 Å². The number of fused-ring (bicyclic) bond motifs is 1. The van der Waals surface area contributed by atoms with Crippen LogP contribution in [0.5, 0.6) is 0 Å². The number of rotatable bonds is 1. The third-order valence-electron chi connectivity index (χ3n) is 2.18. The summed E-state index contributed by atoms with van der Waals surface area (Å²) in [5.74, 6) is -0.869. The Morgan fingerprint density at radius 1 is 1.64 bits per heavy atom. The Morgan fingerprint density at radius 3 is 3.00 bits per heavy atom. The number of amidine groups is 1. The van der Waals surface area contributed by atoms with Crippen LogP contribution in [0.25, 0.3) is 0 Å². The van der Waals surface area contributed by atoms with E-state index in [1.54, 1.807) is 0 Å². The Labute approximate surface area is 79.7 Å². The number of nitrogens with zero attached hydrogens (tertiary/aromatic N) is 1. The second kappa shape index (κ2) is 2.72. The molecule has 0 spiro atoms. The molecule has 2 atom stereocenters. The van der Waals surface area contributed by atoms with E-state index in [0.717, 1.165) is 0 Å². The molecule has 1 amide bonds. The first kappa shape index (κ1) is 8.54. The van der Waals surface area contributed by atoms with Crippen LogP contribution in [0.3, 0.4) is 0 Å². The van der Waals surface area contributed by atoms with Gasteiger partial charge in [-0.05, 0) is 0 Å². The van der Waals surface area contributed by atoms with Gasteiger partial charge >= 0.3 is 0 Å². The van der Waals surface area contributed by atoms with Gasteiger partial charge in [0.05, 0.1) is 0 Å². The third kappa shape index (κ3) is 1.10. The van der Waals surface area contributed by atoms with E-state index in [4.69, 9.17) is 16.9 Å². The lowest BCUT2D eigenvalue weighted by atomic mass is 9.97. The minimum atomic E-state index is -0.542. The molecule has 0 aliphatic carbocycles. The Kier molecular flexibility index (Phi) is 1.66. The molecule has 0 radical (unpaired) electrons. The van der Waals surface area contributed by atoms with Gasteiger partial charge in [-0.1, -0.05) is 0 Å². The van der Waals surface area contributed by atoms with Crippen molar-refractivity contribution < 1.29 is 4.79 Å². The fourth-order valence-corrected chi connectivity index (χ4v) is 1.56. The fraction of sp³-hybridized carbons (Fsp3) is 0.286. The number of carbonyl (C=O) groups is 1. The molecular weight excluding hydrogens is 184 g/mol. The number of carbonyl (C=O) groups excluding carboxylic acids is 1. The van der Waals surface area contributed by atoms with E-state index in [0.29, 0.717) is 5.57 Å². The Morgan fingerprint density at radius 2 is 2.36 bits per heavy atom. The first-order valence-electron chi connectivity index (χ1n) is 4.04. The highest BCUT2D eigenvalue weighted by atomic mass is 16.2. The van der Waals surface area contributed by atoms with Crippen LogP contribution >= 0.6 is 0 Å². The number of hydrogen-bond donors (Lipinski definition) is 5. The van der Waals surface area contributed by atoms with Gasteiger partial charge in [0, 0.05) is 11.8 Å². The van der Waals surface area contributed by atoms with Crippen LogP contribution in [-0.4, -0.2) is 23.9 Å². The van der Waals surface area contributed by atoms with Crippen molar-refractivity contribution in [1.82, 2.24) is 10.6 Å². The van der Waals surface area contributed by atoms with Gasteiger partial charge in [-0.25, -0.2) is 4.99 Å². The van der Waals surface area contributed by atoms with E-state index in [1.807, 2.05) is 0 Å². The van der Waals surface area contributed by atoms with E-state index in [2.05, 4.69) is 15.6 Å². The summed E-state index contributed by atoms with van der Waals surface area (Å²) in [5.41, 5.74) is 11.1. The molecule has 7 N–H and O–H groups in total. The molecule has 74 valence electrons. The zero-order chi connectivity index (χ0) is 10.3. The smallest absolute Gasteiger partial charge is 0.238 e. The molecular formula is C7H10N6O. The minimum absolute atomic E-state index is 0.0851. The summed E-state index contributed by atoms with van der Waals surface area (Å²) in [7, 11) is 0. The Hall–Kier alpha value is -2.05. The predicted octanol–water partition coefficient (Wildman–Crippen LogP) is -2.20. The Balaban J connectivity index is 2.33. The normalized spacial score (nSPS) is 29.6. The van der Waals surface area contributed by atoms with Gasteiger partial charge in [-0.2, -0.15) is 0 Å². The molecule has 2 heterocycles. The van der Waals surface area contributed by atoms with Crippen molar-refractivity contribution in [2.24, 2.45) is 22.4 Å². The number of nitrogens with one attached hydrogen (secondary N) is 3. The van der Waals surface area contributed by atoms with Crippen LogP contribution in [0.2, 0.25) is 0 Å². The van der Waals surface area contributed by atoms with E-state index < -0.39 is 12.1 Å². The third-order valence-corrected chi connectivity index (χ3v) is 2.18. The monoisotopic (exact) mass is 194 g/mol. The zero-order valence-corrected chi connectivity index (χ0v) is 7.24. The van der Waals surface area contributed by atoms with Crippen LogP contribution in [0.1, 0.15) is 0 Å². The van der Waals surface area contributed by atoms with E-state index in [1.165, 1.54) is 6.20 Å². The number of nitrogens with two attached hydrogens (primary N) is 2. The van der Waals surface area contributed by atoms with Crippen molar-refractivity contribution in [3.63, 3.8) is 0 Å². The Bertz CT molecular complexity index is 370. The summed E-state index contributed by atoms with van der Waals surface area (Å²) in [6.07, 6.45) is 1.10. The van der Waals surface area contributed by atoms with Crippen LogP contribution in [0, 0.1) is 11.3 Å². The molecule has 0 saturated carbocycles. The lowest BCUT2D eigenvalue weighted by Gasteiger charge is -2.23. The number of aliphatic imine (C=N–C) groups is 1. The molecule has 0 aromatic heterocycles. The molecule has 2 aliphatic heterocycles. The molecule has 0 aromatic carbocycles. The molecule has 0 bridgehead atoms. The largest absolute Gasteiger partial charge is 0.384 e. The van der Waals surface area contributed by atoms with Crippen LogP contribution < -0.4 is 22.1 Å². The average molecular weight is 194 g/mol. The van der Waals surface area contributed by atoms with Crippen molar-refractivity contribution in [1.29, 1.82) is 5.41 Å². The molecule has 14 heavy (non-hydrogen) atoms. The van der Waals surface area contributed by atoms with Crippen LogP contribution in [0.4, 0.5) is 0 Å². The van der Waals surface area contributed by atoms with Gasteiger partial charge in [-0.3, -0.25) is 15.5 Å². The van der Waals surface area contributed by atoms with Crippen molar-refractivity contribution in [3.05, 3.63) is 11.8 Å². The molecule has 0 aromatic rings. The maximum absolute atomic E-state index is 11.5. The minimum Gasteiger partial charge on any atom is -0.384 e. The maximum atomic E-state index is 11.5. The molecule has 7 nitrogen and oxygen atoms in total. The number of guanidine groups is 1. The summed E-state index contributed by atoms with van der Waals surface area (Å²) < 4.78 is 0. The van der Waals surface area contributed by atoms with Gasteiger partial charge < -0.3 is 16.8 Å². The van der Waals surface area contributed by atoms with Gasteiger partial charge in [0.15, 0.2) is 5.96 Å². The van der Waals surface area contributed by atoms with E-state index in [-0.39, 0.29) is 17.7 Å². The maximum Gasteiger partial charge on any atom is 0.238 e. The summed E-state index contributed by atoms with van der Waals surface area (Å²) in [6, 6.07) is 0. The molecule has 2 rings (SSSR count). The lowest BCUT2D eigenvalue weighted by Crippen LogP contribution is -2.51. The highest BCUT2D eigenvalue weighted by Gasteiger charge is 2.39. The average Bonchev–Trinajstić information content (AvgIpc) is 2.47. The summed E-state index contributed by atoms with van der Waals surface area (Å²) in [5, 5.41) is 12.5. The standard InChI is InChI=1S/C7H10N6O/c8-4(9)2-1-11-5-3(2)6(14)13-7(10)12-5/h1,3,5,11H,(H3,8,9)(H3,10,12,13,14). The topological polar surface area (TPSA) is 129 Å². The quantitative estimate of drug-likeness (QED) is 0.239. The fourth-order valence-electron chi connectivity index (χ4n) is 1.56. The molecule has 2 unspecified atom stereocenters. The second-order valence-corrected chi connectivity index (χ2v) is 3.11. The van der Waals surface area contributed by atoms with Crippen molar-refractivity contribution in [3.8, 4) is 0 Å². The van der Waals surface area contributed by atoms with Crippen LogP contribution in [-0.2, 0) is 4.79 Å². The van der Waals surface area contributed by atoms with Crippen LogP contribution in [0.15, 0.2) is 16.8 Å². The van der Waals surface area contributed by atoms with Gasteiger partial charge in [0.25, 0.3) is 0 Å². The highest BCUT2D eigenvalue weighted by Crippen LogP contribution is 2.23. The summed E-state index contributed by atoms with van der Waals surface area (Å²) >= 11 is 0. The van der Waals surface area contributed by atoms with Gasteiger partial charge in [-0.15, -0.1) is 0 Å².